The van der Waals surface area contributed by atoms with Crippen molar-refractivity contribution < 1.29 is 9.26 Å². The third-order valence-electron chi connectivity index (χ3n) is 3.59. The second-order valence-corrected chi connectivity index (χ2v) is 5.54. The monoisotopic (exact) mass is 351 g/mol. The van der Waals surface area contributed by atoms with Crippen LogP contribution in [0.4, 0.5) is 5.69 Å². The van der Waals surface area contributed by atoms with Crippen molar-refractivity contribution in [1.29, 1.82) is 5.26 Å². The van der Waals surface area contributed by atoms with Gasteiger partial charge < -0.3 is 9.26 Å². The minimum atomic E-state index is 0.354. The fourth-order valence-electron chi connectivity index (χ4n) is 2.32. The predicted octanol–water partition coefficient (Wildman–Crippen LogP) is 4.82. The molecule has 25 heavy (non-hydrogen) atoms. The van der Waals surface area contributed by atoms with Crippen LogP contribution in [0.3, 0.4) is 0 Å². The van der Waals surface area contributed by atoms with E-state index in [0.717, 1.165) is 11.4 Å². The lowest BCUT2D eigenvalue weighted by Crippen LogP contribution is -1.89. The number of aromatic nitrogens is 1. The lowest BCUT2D eigenvalue weighted by atomic mass is 10.1. The van der Waals surface area contributed by atoms with Crippen molar-refractivity contribution in [1.82, 2.24) is 5.16 Å². The van der Waals surface area contributed by atoms with Gasteiger partial charge in [-0.05, 0) is 30.3 Å². The molecule has 0 saturated carbocycles. The molecule has 3 rings (SSSR count). The Morgan fingerprint density at radius 1 is 1.24 bits per heavy atom. The SMILES string of the molecule is COc1ccc(N=CCc2onc(-c3ccccc3Cl)c2C#N)cc1. The van der Waals surface area contributed by atoms with E-state index in [0.29, 0.717) is 34.0 Å². The molecular formula is C19H14ClN3O2. The maximum atomic E-state index is 9.46. The molecule has 3 aromatic rings. The first-order valence-electron chi connectivity index (χ1n) is 7.53. The molecule has 0 saturated heterocycles. The Balaban J connectivity index is 1.80. The van der Waals surface area contributed by atoms with Crippen LogP contribution in [0.15, 0.2) is 58.0 Å². The van der Waals surface area contributed by atoms with Gasteiger partial charge in [-0.25, -0.2) is 0 Å². The van der Waals surface area contributed by atoms with Crippen molar-refractivity contribution in [3.05, 3.63) is 64.9 Å². The fraction of sp³-hybridized carbons (Fsp3) is 0.105. The number of hydrogen-bond acceptors (Lipinski definition) is 5. The first-order chi connectivity index (χ1) is 12.2. The van der Waals surface area contributed by atoms with Gasteiger partial charge in [-0.3, -0.25) is 4.99 Å². The Bertz CT molecular complexity index is 940. The largest absolute Gasteiger partial charge is 0.497 e. The van der Waals surface area contributed by atoms with Crippen molar-refractivity contribution in [2.75, 3.05) is 7.11 Å². The van der Waals surface area contributed by atoms with Crippen LogP contribution in [-0.2, 0) is 6.42 Å². The van der Waals surface area contributed by atoms with Gasteiger partial charge in [-0.1, -0.05) is 35.0 Å². The molecule has 0 fully saturated rings. The van der Waals surface area contributed by atoms with Gasteiger partial charge in [0, 0.05) is 18.2 Å². The van der Waals surface area contributed by atoms with E-state index in [-0.39, 0.29) is 0 Å². The van der Waals surface area contributed by atoms with Crippen LogP contribution in [0, 0.1) is 11.3 Å². The fourth-order valence-corrected chi connectivity index (χ4v) is 2.54. The first kappa shape index (κ1) is 16.7. The van der Waals surface area contributed by atoms with E-state index < -0.39 is 0 Å². The van der Waals surface area contributed by atoms with Gasteiger partial charge in [0.25, 0.3) is 0 Å². The summed E-state index contributed by atoms with van der Waals surface area (Å²) in [5, 5.41) is 14.0. The minimum Gasteiger partial charge on any atom is -0.497 e. The van der Waals surface area contributed by atoms with Gasteiger partial charge in [0.15, 0.2) is 5.76 Å². The molecule has 0 aliphatic rings. The highest BCUT2D eigenvalue weighted by Gasteiger charge is 2.18. The van der Waals surface area contributed by atoms with Crippen molar-refractivity contribution in [2.45, 2.75) is 6.42 Å². The molecular weight excluding hydrogens is 338 g/mol. The number of hydrogen-bond donors (Lipinski definition) is 0. The van der Waals surface area contributed by atoms with Crippen LogP contribution in [0.25, 0.3) is 11.3 Å². The number of methoxy groups -OCH3 is 1. The van der Waals surface area contributed by atoms with E-state index in [2.05, 4.69) is 16.2 Å². The van der Waals surface area contributed by atoms with E-state index in [1.165, 1.54) is 0 Å². The molecule has 0 amide bonds. The van der Waals surface area contributed by atoms with E-state index in [9.17, 15) is 5.26 Å². The molecule has 0 spiro atoms. The maximum Gasteiger partial charge on any atom is 0.160 e. The summed E-state index contributed by atoms with van der Waals surface area (Å²) in [6.45, 7) is 0. The van der Waals surface area contributed by atoms with Crippen LogP contribution < -0.4 is 4.74 Å². The molecule has 6 heteroatoms. The van der Waals surface area contributed by atoms with E-state index in [4.69, 9.17) is 20.9 Å². The lowest BCUT2D eigenvalue weighted by Gasteiger charge is -1.99. The molecule has 2 aromatic carbocycles. The third-order valence-corrected chi connectivity index (χ3v) is 3.92. The predicted molar refractivity (Wildman–Crippen MR) is 96.5 cm³/mol. The van der Waals surface area contributed by atoms with Gasteiger partial charge in [-0.15, -0.1) is 0 Å². The number of nitriles is 1. The van der Waals surface area contributed by atoms with Crippen LogP contribution >= 0.6 is 11.6 Å². The molecule has 0 aliphatic carbocycles. The van der Waals surface area contributed by atoms with Crippen LogP contribution in [-0.4, -0.2) is 18.5 Å². The second kappa shape index (κ2) is 7.65. The Morgan fingerprint density at radius 3 is 2.68 bits per heavy atom. The molecule has 0 bridgehead atoms. The number of rotatable bonds is 5. The zero-order valence-electron chi connectivity index (χ0n) is 13.4. The zero-order chi connectivity index (χ0) is 17.6. The smallest absolute Gasteiger partial charge is 0.160 e. The van der Waals surface area contributed by atoms with Gasteiger partial charge in [-0.2, -0.15) is 5.26 Å². The summed E-state index contributed by atoms with van der Waals surface area (Å²) in [6.07, 6.45) is 2.03. The Kier molecular flexibility index (Phi) is 5.12. The van der Waals surface area contributed by atoms with Crippen LogP contribution in [0.2, 0.25) is 5.02 Å². The zero-order valence-corrected chi connectivity index (χ0v) is 14.2. The summed E-state index contributed by atoms with van der Waals surface area (Å²) in [7, 11) is 1.61. The summed E-state index contributed by atoms with van der Waals surface area (Å²) in [4.78, 5) is 4.35. The number of ether oxygens (including phenoxy) is 1. The molecule has 1 heterocycles. The summed E-state index contributed by atoms with van der Waals surface area (Å²) in [5.74, 6) is 1.22. The number of aliphatic imine (C=N–C) groups is 1. The Morgan fingerprint density at radius 2 is 2.00 bits per heavy atom. The van der Waals surface area contributed by atoms with E-state index >= 15 is 0 Å². The summed E-state index contributed by atoms with van der Waals surface area (Å²) < 4.78 is 10.4. The molecule has 5 nitrogen and oxygen atoms in total. The standard InChI is InChI=1S/C19H14ClN3O2/c1-24-14-8-6-13(7-9-14)22-11-10-18-16(12-21)19(23-25-18)15-4-2-3-5-17(15)20/h2-9,11H,10H2,1H3. The number of benzene rings is 2. The highest BCUT2D eigenvalue weighted by Crippen LogP contribution is 2.30. The van der Waals surface area contributed by atoms with Gasteiger partial charge in [0.05, 0.1) is 17.8 Å². The molecule has 0 aliphatic heterocycles. The Hall–Kier alpha value is -3.10. The number of nitrogens with zero attached hydrogens (tertiary/aromatic N) is 3. The van der Waals surface area contributed by atoms with Crippen LogP contribution in [0.5, 0.6) is 5.75 Å². The third kappa shape index (κ3) is 3.70. The molecule has 0 atom stereocenters. The van der Waals surface area contributed by atoms with Crippen molar-refractivity contribution >= 4 is 23.5 Å². The summed E-state index contributed by atoms with van der Waals surface area (Å²) in [6, 6.07) is 16.7. The average Bonchev–Trinajstić information content (AvgIpc) is 3.05. The highest BCUT2D eigenvalue weighted by molar-refractivity contribution is 6.33. The number of halogens is 1. The van der Waals surface area contributed by atoms with Crippen LogP contribution in [0.1, 0.15) is 11.3 Å². The quantitative estimate of drug-likeness (QED) is 0.618. The van der Waals surface area contributed by atoms with Crippen molar-refractivity contribution in [3.63, 3.8) is 0 Å². The van der Waals surface area contributed by atoms with E-state index in [1.807, 2.05) is 36.4 Å². The molecule has 0 unspecified atom stereocenters. The maximum absolute atomic E-state index is 9.46. The van der Waals surface area contributed by atoms with E-state index in [1.54, 1.807) is 25.5 Å². The first-order valence-corrected chi connectivity index (χ1v) is 7.91. The van der Waals surface area contributed by atoms with Gasteiger partial charge in [0.1, 0.15) is 23.1 Å². The van der Waals surface area contributed by atoms with Crippen molar-refractivity contribution in [2.24, 2.45) is 4.99 Å². The molecule has 0 radical (unpaired) electrons. The molecule has 124 valence electrons. The average molecular weight is 352 g/mol. The summed E-state index contributed by atoms with van der Waals surface area (Å²) >= 11 is 6.18. The normalized spacial score (nSPS) is 10.8. The minimum absolute atomic E-state index is 0.354. The second-order valence-electron chi connectivity index (χ2n) is 5.13. The highest BCUT2D eigenvalue weighted by atomic mass is 35.5. The van der Waals surface area contributed by atoms with Gasteiger partial charge in [0.2, 0.25) is 0 Å². The molecule has 0 N–H and O–H groups in total. The molecule has 1 aromatic heterocycles. The summed E-state index contributed by atoms with van der Waals surface area (Å²) in [5.41, 5.74) is 2.27. The lowest BCUT2D eigenvalue weighted by molar-refractivity contribution is 0.395. The topological polar surface area (TPSA) is 71.4 Å². The Labute approximate surface area is 150 Å². The van der Waals surface area contributed by atoms with Crippen molar-refractivity contribution in [3.8, 4) is 23.1 Å². The van der Waals surface area contributed by atoms with Gasteiger partial charge >= 0.3 is 0 Å².